The van der Waals surface area contributed by atoms with Crippen LogP contribution in [0.4, 0.5) is 5.69 Å². The number of hydrogen-bond donors (Lipinski definition) is 4. The summed E-state index contributed by atoms with van der Waals surface area (Å²) in [4.78, 5) is 0. The zero-order chi connectivity index (χ0) is 13.8. The Kier molecular flexibility index (Phi) is 5.09. The maximum absolute atomic E-state index is 11.5. The Morgan fingerprint density at radius 2 is 1.83 bits per heavy atom. The van der Waals surface area contributed by atoms with Crippen LogP contribution in [0.5, 0.6) is 0 Å². The van der Waals surface area contributed by atoms with Gasteiger partial charge >= 0.3 is 0 Å². The van der Waals surface area contributed by atoms with E-state index >= 15 is 0 Å². The lowest BCUT2D eigenvalue weighted by Crippen LogP contribution is -2.41. The molecule has 0 amide bonds. The number of anilines is 1. The minimum absolute atomic E-state index is 0.0913. The smallest absolute Gasteiger partial charge is 0.277 e. The van der Waals surface area contributed by atoms with Crippen molar-refractivity contribution in [2.24, 2.45) is 0 Å². The van der Waals surface area contributed by atoms with Gasteiger partial charge in [-0.3, -0.25) is 0 Å². The maximum Gasteiger partial charge on any atom is 0.277 e. The van der Waals surface area contributed by atoms with Crippen LogP contribution >= 0.6 is 0 Å². The van der Waals surface area contributed by atoms with Crippen molar-refractivity contribution in [1.29, 1.82) is 0 Å². The van der Waals surface area contributed by atoms with Crippen molar-refractivity contribution in [1.82, 2.24) is 9.44 Å². The molecule has 18 heavy (non-hydrogen) atoms. The highest BCUT2D eigenvalue weighted by Gasteiger charge is 2.14. The van der Waals surface area contributed by atoms with Crippen LogP contribution in [0.1, 0.15) is 25.5 Å². The lowest BCUT2D eigenvalue weighted by molar-refractivity contribution is 0.182. The third kappa shape index (κ3) is 5.01. The van der Waals surface area contributed by atoms with Crippen molar-refractivity contribution < 1.29 is 13.5 Å². The molecule has 0 heterocycles. The molecule has 0 saturated heterocycles. The molecule has 0 saturated carbocycles. The lowest BCUT2D eigenvalue weighted by Gasteiger charge is -2.14. The molecule has 0 aliphatic rings. The van der Waals surface area contributed by atoms with E-state index in [2.05, 4.69) is 9.44 Å². The average molecular weight is 273 g/mol. The Bertz CT molecular complexity index is 471. The number of rotatable bonds is 6. The fraction of sp³-hybridized carbons (Fsp3) is 0.455. The molecule has 6 nitrogen and oxygen atoms in total. The Hall–Kier alpha value is -1.15. The fourth-order valence-electron chi connectivity index (χ4n) is 1.38. The number of nitrogens with two attached hydrogens (primary N) is 1. The highest BCUT2D eigenvalue weighted by molar-refractivity contribution is 7.87. The number of aliphatic hydroxyl groups is 1. The van der Waals surface area contributed by atoms with Crippen molar-refractivity contribution in [3.63, 3.8) is 0 Å². The predicted octanol–water partition coefficient (Wildman–Crippen LogP) is 0.135. The van der Waals surface area contributed by atoms with E-state index in [4.69, 9.17) is 5.73 Å². The zero-order valence-corrected chi connectivity index (χ0v) is 11.2. The van der Waals surface area contributed by atoms with E-state index in [1.165, 1.54) is 0 Å². The first-order valence-corrected chi connectivity index (χ1v) is 7.09. The highest BCUT2D eigenvalue weighted by atomic mass is 32.2. The largest absolute Gasteiger partial charge is 0.399 e. The molecule has 0 aliphatic heterocycles. The zero-order valence-electron chi connectivity index (χ0n) is 10.4. The van der Waals surface area contributed by atoms with E-state index in [-0.39, 0.29) is 12.6 Å². The van der Waals surface area contributed by atoms with E-state index in [0.717, 1.165) is 0 Å². The first-order valence-electron chi connectivity index (χ1n) is 5.60. The standard InChI is InChI=1S/C11H19N3O3S/c1-8(2)14-18(16,17)13-7-11(15)9-3-5-10(12)6-4-9/h3-6,8,11,13-15H,7,12H2,1-2H3. The van der Waals surface area contributed by atoms with Crippen LogP contribution in [-0.4, -0.2) is 26.1 Å². The van der Waals surface area contributed by atoms with Crippen LogP contribution in [0.2, 0.25) is 0 Å². The van der Waals surface area contributed by atoms with Gasteiger partial charge < -0.3 is 10.8 Å². The van der Waals surface area contributed by atoms with E-state index in [1.54, 1.807) is 38.1 Å². The van der Waals surface area contributed by atoms with E-state index in [0.29, 0.717) is 11.3 Å². The minimum Gasteiger partial charge on any atom is -0.399 e. The highest BCUT2D eigenvalue weighted by Crippen LogP contribution is 2.13. The van der Waals surface area contributed by atoms with Gasteiger partial charge in [0, 0.05) is 18.3 Å². The van der Waals surface area contributed by atoms with Gasteiger partial charge in [-0.25, -0.2) is 0 Å². The molecule has 0 aromatic heterocycles. The van der Waals surface area contributed by atoms with Crippen molar-refractivity contribution >= 4 is 15.9 Å². The second-order valence-electron chi connectivity index (χ2n) is 4.31. The monoisotopic (exact) mass is 273 g/mol. The average Bonchev–Trinajstić information content (AvgIpc) is 2.25. The molecule has 0 bridgehead atoms. The van der Waals surface area contributed by atoms with Gasteiger partial charge in [0.2, 0.25) is 0 Å². The van der Waals surface area contributed by atoms with Gasteiger partial charge in [0.1, 0.15) is 0 Å². The normalized spacial score (nSPS) is 13.8. The number of aliphatic hydroxyl groups excluding tert-OH is 1. The summed E-state index contributed by atoms with van der Waals surface area (Å²) >= 11 is 0. The number of hydrogen-bond acceptors (Lipinski definition) is 4. The predicted molar refractivity (Wildman–Crippen MR) is 71.0 cm³/mol. The van der Waals surface area contributed by atoms with Gasteiger partial charge in [0.05, 0.1) is 6.10 Å². The van der Waals surface area contributed by atoms with Crippen LogP contribution in [0, 0.1) is 0 Å². The lowest BCUT2D eigenvalue weighted by atomic mass is 10.1. The van der Waals surface area contributed by atoms with Crippen LogP contribution in [-0.2, 0) is 10.2 Å². The molecule has 0 fully saturated rings. The Morgan fingerprint density at radius 1 is 1.28 bits per heavy atom. The fourth-order valence-corrected chi connectivity index (χ4v) is 2.46. The quantitative estimate of drug-likeness (QED) is 0.553. The molecule has 1 aromatic rings. The summed E-state index contributed by atoms with van der Waals surface area (Å²) in [5, 5.41) is 9.81. The molecular weight excluding hydrogens is 254 g/mol. The second kappa shape index (κ2) is 6.14. The molecule has 0 aliphatic carbocycles. The first kappa shape index (κ1) is 14.9. The van der Waals surface area contributed by atoms with Crippen LogP contribution in [0.25, 0.3) is 0 Å². The minimum atomic E-state index is -3.58. The molecule has 0 spiro atoms. The first-order chi connectivity index (χ1) is 8.30. The summed E-state index contributed by atoms with van der Waals surface area (Å²) in [5.74, 6) is 0. The Labute approximate surface area is 107 Å². The van der Waals surface area contributed by atoms with Gasteiger partial charge in [-0.15, -0.1) is 0 Å². The molecule has 1 rings (SSSR count). The Balaban J connectivity index is 2.56. The molecule has 7 heteroatoms. The topological polar surface area (TPSA) is 104 Å². The molecule has 1 atom stereocenters. The molecular formula is C11H19N3O3S. The summed E-state index contributed by atoms with van der Waals surface area (Å²) < 4.78 is 27.6. The van der Waals surface area contributed by atoms with Gasteiger partial charge in [0.25, 0.3) is 10.2 Å². The Morgan fingerprint density at radius 3 is 2.33 bits per heavy atom. The van der Waals surface area contributed by atoms with Crippen LogP contribution < -0.4 is 15.2 Å². The van der Waals surface area contributed by atoms with Gasteiger partial charge in [-0.05, 0) is 31.5 Å². The van der Waals surface area contributed by atoms with E-state index in [1.807, 2.05) is 0 Å². The number of benzene rings is 1. The van der Waals surface area contributed by atoms with E-state index in [9.17, 15) is 13.5 Å². The van der Waals surface area contributed by atoms with Gasteiger partial charge in [-0.2, -0.15) is 17.9 Å². The third-order valence-corrected chi connectivity index (χ3v) is 3.51. The van der Waals surface area contributed by atoms with Crippen LogP contribution in [0.3, 0.4) is 0 Å². The number of nitrogens with one attached hydrogen (secondary N) is 2. The van der Waals surface area contributed by atoms with Crippen molar-refractivity contribution in [2.45, 2.75) is 26.0 Å². The van der Waals surface area contributed by atoms with Crippen molar-refractivity contribution in [3.05, 3.63) is 29.8 Å². The van der Waals surface area contributed by atoms with Crippen LogP contribution in [0.15, 0.2) is 24.3 Å². The second-order valence-corrected chi connectivity index (χ2v) is 5.84. The third-order valence-electron chi connectivity index (χ3n) is 2.18. The van der Waals surface area contributed by atoms with Gasteiger partial charge in [0.15, 0.2) is 0 Å². The van der Waals surface area contributed by atoms with Crippen molar-refractivity contribution in [2.75, 3.05) is 12.3 Å². The molecule has 1 unspecified atom stereocenters. The molecule has 1 aromatic carbocycles. The molecule has 102 valence electrons. The summed E-state index contributed by atoms with van der Waals surface area (Å²) in [6.45, 7) is 3.34. The van der Waals surface area contributed by atoms with Crippen molar-refractivity contribution in [3.8, 4) is 0 Å². The maximum atomic E-state index is 11.5. The number of nitrogen functional groups attached to an aromatic ring is 1. The summed E-state index contributed by atoms with van der Waals surface area (Å²) in [5.41, 5.74) is 6.72. The SMILES string of the molecule is CC(C)NS(=O)(=O)NCC(O)c1ccc(N)cc1. The summed E-state index contributed by atoms with van der Waals surface area (Å²) in [6, 6.07) is 6.42. The van der Waals surface area contributed by atoms with Gasteiger partial charge in [-0.1, -0.05) is 12.1 Å². The van der Waals surface area contributed by atoms with E-state index < -0.39 is 16.3 Å². The molecule has 0 radical (unpaired) electrons. The summed E-state index contributed by atoms with van der Waals surface area (Å²) in [6.07, 6.45) is -0.908. The summed E-state index contributed by atoms with van der Waals surface area (Å²) in [7, 11) is -3.58. The molecule has 5 N–H and O–H groups in total.